The van der Waals surface area contributed by atoms with E-state index in [-0.39, 0.29) is 23.0 Å². The number of imidazole rings is 1. The lowest BCUT2D eigenvalue weighted by Gasteiger charge is -2.32. The zero-order valence-corrected chi connectivity index (χ0v) is 16.5. The van der Waals surface area contributed by atoms with Crippen LogP contribution in [0.2, 0.25) is 5.28 Å². The van der Waals surface area contributed by atoms with Crippen LogP contribution in [0.4, 0.5) is 10.9 Å². The molecule has 0 bridgehead atoms. The van der Waals surface area contributed by atoms with Crippen LogP contribution in [-0.4, -0.2) is 49.1 Å². The predicted octanol–water partition coefficient (Wildman–Crippen LogP) is 2.84. The Morgan fingerprint density at radius 3 is 3.04 bits per heavy atom. The summed E-state index contributed by atoms with van der Waals surface area (Å²) in [6.07, 6.45) is 3.25. The van der Waals surface area contributed by atoms with E-state index < -0.39 is 0 Å². The normalized spacial score (nSPS) is 17.6. The molecule has 4 rings (SSSR count). The summed E-state index contributed by atoms with van der Waals surface area (Å²) in [4.78, 5) is 30.5. The molecule has 0 saturated carbocycles. The number of anilines is 2. The number of amides is 1. The van der Waals surface area contributed by atoms with Crippen molar-refractivity contribution in [3.05, 3.63) is 16.6 Å². The lowest BCUT2D eigenvalue weighted by Crippen LogP contribution is -2.41. The molecule has 0 aromatic carbocycles. The van der Waals surface area contributed by atoms with Gasteiger partial charge in [0, 0.05) is 19.0 Å². The first-order valence-electron chi connectivity index (χ1n) is 8.77. The van der Waals surface area contributed by atoms with Crippen LogP contribution in [0, 0.1) is 5.92 Å². The largest absolute Gasteiger partial charge is 0.354 e. The molecule has 1 aliphatic heterocycles. The van der Waals surface area contributed by atoms with Gasteiger partial charge in [0.25, 0.3) is 0 Å². The number of hydrogen-bond donors (Lipinski definition) is 2. The Hall–Kier alpha value is -2.33. The van der Waals surface area contributed by atoms with Gasteiger partial charge < -0.3 is 15.2 Å². The quantitative estimate of drug-likeness (QED) is 0.640. The Bertz CT molecular complexity index is 970. The number of H-pyrrole nitrogens is 1. The summed E-state index contributed by atoms with van der Waals surface area (Å²) in [6.45, 7) is 5.44. The number of rotatable bonds is 4. The molecule has 0 unspecified atom stereocenters. The molecule has 0 radical (unpaired) electrons. The number of hydrogen-bond acceptors (Lipinski definition) is 8. The smallest absolute Gasteiger partial charge is 0.231 e. The first-order chi connectivity index (χ1) is 13.0. The Balaban J connectivity index is 1.50. The second-order valence-electron chi connectivity index (χ2n) is 6.79. The van der Waals surface area contributed by atoms with Gasteiger partial charge >= 0.3 is 0 Å². The second-order valence-corrected chi connectivity index (χ2v) is 8.14. The monoisotopic (exact) mass is 406 g/mol. The van der Waals surface area contributed by atoms with Crippen molar-refractivity contribution in [2.75, 3.05) is 23.3 Å². The zero-order chi connectivity index (χ0) is 19.0. The molecule has 3 aromatic rings. The average Bonchev–Trinajstić information content (AvgIpc) is 3.30. The van der Waals surface area contributed by atoms with Crippen LogP contribution in [0.5, 0.6) is 0 Å². The molecule has 1 atom stereocenters. The number of nitrogens with one attached hydrogen (secondary N) is 2. The van der Waals surface area contributed by atoms with E-state index in [1.54, 1.807) is 6.33 Å². The third-order valence-corrected chi connectivity index (χ3v) is 5.80. The highest BCUT2D eigenvalue weighted by Gasteiger charge is 2.29. The molecule has 0 aliphatic carbocycles. The summed E-state index contributed by atoms with van der Waals surface area (Å²) in [5.41, 5.74) is 1.25. The molecule has 1 fully saturated rings. The molecule has 3 aromatic heterocycles. The number of piperidine rings is 1. The molecule has 9 nitrogen and oxygen atoms in total. The lowest BCUT2D eigenvalue weighted by molar-refractivity contribution is -0.120. The first-order valence-corrected chi connectivity index (χ1v) is 9.96. The van der Waals surface area contributed by atoms with Gasteiger partial charge in [-0.25, -0.2) is 4.98 Å². The molecule has 142 valence electrons. The molecule has 4 heterocycles. The predicted molar refractivity (Wildman–Crippen MR) is 104 cm³/mol. The maximum atomic E-state index is 12.7. The number of aromatic nitrogens is 6. The summed E-state index contributed by atoms with van der Waals surface area (Å²) >= 11 is 7.45. The fourth-order valence-corrected chi connectivity index (χ4v) is 4.04. The lowest BCUT2D eigenvalue weighted by atomic mass is 9.97. The van der Waals surface area contributed by atoms with Crippen LogP contribution < -0.4 is 10.2 Å². The standard InChI is InChI=1S/C16H19ClN8OS/c1-8(2)14-23-24-16(27-14)22-13(26)9-4-3-5-25(6-9)12-10-11(19-7-18-10)20-15(17)21-12/h7-9H,3-6H2,1-2H3,(H,22,24,26)(H,18,19,20,21)/t9-/m1/s1. The highest BCUT2D eigenvalue weighted by atomic mass is 35.5. The number of aromatic amines is 1. The van der Waals surface area contributed by atoms with Crippen molar-refractivity contribution < 1.29 is 4.79 Å². The van der Waals surface area contributed by atoms with Crippen molar-refractivity contribution >= 4 is 51.0 Å². The third kappa shape index (κ3) is 3.72. The highest BCUT2D eigenvalue weighted by molar-refractivity contribution is 7.15. The molecule has 0 spiro atoms. The van der Waals surface area contributed by atoms with Crippen LogP contribution in [0.1, 0.15) is 37.6 Å². The molecule has 1 aliphatic rings. The molecular weight excluding hydrogens is 388 g/mol. The topological polar surface area (TPSA) is 113 Å². The van der Waals surface area contributed by atoms with E-state index in [1.807, 2.05) is 13.8 Å². The Labute approximate surface area is 164 Å². The van der Waals surface area contributed by atoms with Crippen molar-refractivity contribution in [1.29, 1.82) is 0 Å². The average molecular weight is 407 g/mol. The van der Waals surface area contributed by atoms with Crippen LogP contribution in [0.15, 0.2) is 6.33 Å². The van der Waals surface area contributed by atoms with E-state index in [9.17, 15) is 4.79 Å². The maximum absolute atomic E-state index is 12.7. The van der Waals surface area contributed by atoms with Gasteiger partial charge in [0.1, 0.15) is 10.5 Å². The fraction of sp³-hybridized carbons (Fsp3) is 0.500. The van der Waals surface area contributed by atoms with E-state index in [1.165, 1.54) is 11.3 Å². The van der Waals surface area contributed by atoms with Crippen LogP contribution in [0.25, 0.3) is 11.2 Å². The van der Waals surface area contributed by atoms with Crippen molar-refractivity contribution in [3.8, 4) is 0 Å². The minimum Gasteiger partial charge on any atom is -0.354 e. The van der Waals surface area contributed by atoms with E-state index in [0.717, 1.165) is 29.9 Å². The molecular formula is C16H19ClN8OS. The number of carbonyl (C=O) groups is 1. The third-order valence-electron chi connectivity index (χ3n) is 4.50. The molecule has 1 saturated heterocycles. The van der Waals surface area contributed by atoms with E-state index in [4.69, 9.17) is 11.6 Å². The van der Waals surface area contributed by atoms with Crippen molar-refractivity contribution in [1.82, 2.24) is 30.1 Å². The van der Waals surface area contributed by atoms with Gasteiger partial charge in [-0.3, -0.25) is 4.79 Å². The summed E-state index contributed by atoms with van der Waals surface area (Å²) in [6, 6.07) is 0. The first kappa shape index (κ1) is 18.1. The number of fused-ring (bicyclic) bond motifs is 1. The Morgan fingerprint density at radius 1 is 1.41 bits per heavy atom. The van der Waals surface area contributed by atoms with E-state index >= 15 is 0 Å². The molecule has 1 amide bonds. The molecule has 27 heavy (non-hydrogen) atoms. The highest BCUT2D eigenvalue weighted by Crippen LogP contribution is 2.29. The van der Waals surface area contributed by atoms with Crippen LogP contribution in [-0.2, 0) is 4.79 Å². The van der Waals surface area contributed by atoms with Crippen molar-refractivity contribution in [2.45, 2.75) is 32.6 Å². The minimum absolute atomic E-state index is 0.0489. The van der Waals surface area contributed by atoms with Gasteiger partial charge in [-0.1, -0.05) is 25.2 Å². The number of carbonyl (C=O) groups excluding carboxylic acids is 1. The van der Waals surface area contributed by atoms with Crippen molar-refractivity contribution in [3.63, 3.8) is 0 Å². The van der Waals surface area contributed by atoms with Gasteiger partial charge in [0.2, 0.25) is 16.3 Å². The van der Waals surface area contributed by atoms with Crippen LogP contribution >= 0.6 is 22.9 Å². The number of nitrogens with zero attached hydrogens (tertiary/aromatic N) is 6. The maximum Gasteiger partial charge on any atom is 0.231 e. The summed E-state index contributed by atoms with van der Waals surface area (Å²) in [7, 11) is 0. The van der Waals surface area contributed by atoms with Crippen LogP contribution in [0.3, 0.4) is 0 Å². The minimum atomic E-state index is -0.170. The van der Waals surface area contributed by atoms with Gasteiger partial charge in [-0.2, -0.15) is 9.97 Å². The molecule has 2 N–H and O–H groups in total. The van der Waals surface area contributed by atoms with Gasteiger partial charge in [0.15, 0.2) is 11.5 Å². The Morgan fingerprint density at radius 2 is 2.26 bits per heavy atom. The van der Waals surface area contributed by atoms with E-state index in [2.05, 4.69) is 40.3 Å². The fourth-order valence-electron chi connectivity index (χ4n) is 3.13. The van der Waals surface area contributed by atoms with Gasteiger partial charge in [-0.15, -0.1) is 10.2 Å². The van der Waals surface area contributed by atoms with E-state index in [0.29, 0.717) is 23.1 Å². The number of halogens is 1. The summed E-state index contributed by atoms with van der Waals surface area (Å²) < 4.78 is 0. The molecule has 11 heteroatoms. The SMILES string of the molecule is CC(C)c1nnc(NC(=O)[C@@H]2CCCN(c3nc(Cl)nc4nc[nH]c34)C2)s1. The summed E-state index contributed by atoms with van der Waals surface area (Å²) in [5, 5.41) is 12.7. The zero-order valence-electron chi connectivity index (χ0n) is 14.9. The Kier molecular flexibility index (Phi) is 4.92. The van der Waals surface area contributed by atoms with Crippen molar-refractivity contribution in [2.24, 2.45) is 5.92 Å². The van der Waals surface area contributed by atoms with Gasteiger partial charge in [0.05, 0.1) is 12.2 Å². The van der Waals surface area contributed by atoms with Gasteiger partial charge in [-0.05, 0) is 24.4 Å². The summed E-state index contributed by atoms with van der Waals surface area (Å²) in [5.74, 6) is 0.750. The second kappa shape index (κ2) is 7.35.